The Bertz CT molecular complexity index is 540. The third kappa shape index (κ3) is 3.90. The lowest BCUT2D eigenvalue weighted by Gasteiger charge is -2.08. The van der Waals surface area contributed by atoms with Gasteiger partial charge in [0.05, 0.1) is 24.3 Å². The summed E-state index contributed by atoms with van der Waals surface area (Å²) in [5.74, 6) is 0.676. The average Bonchev–Trinajstić information content (AvgIpc) is 2.72. The van der Waals surface area contributed by atoms with Crippen molar-refractivity contribution in [1.29, 1.82) is 0 Å². The van der Waals surface area contributed by atoms with Crippen molar-refractivity contribution in [2.75, 3.05) is 6.54 Å². The Balaban J connectivity index is 1.93. The number of hydrogen-bond donors (Lipinski definition) is 1. The maximum Gasteiger partial charge on any atom is 0.0955 e. The molecule has 4 heteroatoms. The first kappa shape index (κ1) is 14.7. The molecule has 108 valence electrons. The number of nitrogens with zero attached hydrogens (tertiary/aromatic N) is 3. The zero-order valence-corrected chi connectivity index (χ0v) is 12.8. The molecule has 2 rings (SSSR count). The Morgan fingerprint density at radius 2 is 2.00 bits per heavy atom. The maximum atomic E-state index is 4.53. The summed E-state index contributed by atoms with van der Waals surface area (Å²) in [7, 11) is 0. The normalized spacial score (nSPS) is 11.2. The van der Waals surface area contributed by atoms with E-state index in [1.165, 1.54) is 11.3 Å². The molecular weight excluding hydrogens is 248 g/mol. The third-order valence-electron chi connectivity index (χ3n) is 3.45. The van der Waals surface area contributed by atoms with E-state index in [1.54, 1.807) is 0 Å². The number of aryl methyl sites for hydroxylation is 1. The first-order valence-electron chi connectivity index (χ1n) is 7.19. The van der Waals surface area contributed by atoms with Crippen LogP contribution in [0, 0.1) is 19.8 Å². The molecule has 0 saturated carbocycles. The van der Waals surface area contributed by atoms with E-state index in [-0.39, 0.29) is 0 Å². The van der Waals surface area contributed by atoms with Crippen LogP contribution in [0.1, 0.15) is 36.5 Å². The number of imidazole rings is 1. The third-order valence-corrected chi connectivity index (χ3v) is 3.45. The van der Waals surface area contributed by atoms with E-state index in [0.29, 0.717) is 5.92 Å². The predicted molar refractivity (Wildman–Crippen MR) is 81.6 cm³/mol. The summed E-state index contributed by atoms with van der Waals surface area (Å²) in [4.78, 5) is 8.85. The maximum absolute atomic E-state index is 4.53. The molecule has 0 saturated heterocycles. The predicted octanol–water partition coefficient (Wildman–Crippen LogP) is 2.69. The van der Waals surface area contributed by atoms with Crippen LogP contribution in [0.15, 0.2) is 24.7 Å². The molecule has 0 fully saturated rings. The van der Waals surface area contributed by atoms with Crippen LogP contribution in [0.2, 0.25) is 0 Å². The second-order valence-corrected chi connectivity index (χ2v) is 5.73. The highest BCUT2D eigenvalue weighted by atomic mass is 15.1. The molecule has 0 atom stereocenters. The molecule has 0 spiro atoms. The second-order valence-electron chi connectivity index (χ2n) is 5.73. The van der Waals surface area contributed by atoms with E-state index >= 15 is 0 Å². The molecule has 0 bridgehead atoms. The van der Waals surface area contributed by atoms with Crippen LogP contribution in [-0.2, 0) is 13.1 Å². The Hall–Kier alpha value is -1.68. The summed E-state index contributed by atoms with van der Waals surface area (Å²) in [5, 5.41) is 3.43. The monoisotopic (exact) mass is 272 g/mol. The van der Waals surface area contributed by atoms with E-state index in [1.807, 2.05) is 19.4 Å². The van der Waals surface area contributed by atoms with Crippen LogP contribution in [0.3, 0.4) is 0 Å². The fourth-order valence-corrected chi connectivity index (χ4v) is 2.04. The Morgan fingerprint density at radius 1 is 1.20 bits per heavy atom. The van der Waals surface area contributed by atoms with Gasteiger partial charge in [-0.05, 0) is 37.9 Å². The number of rotatable bonds is 6. The van der Waals surface area contributed by atoms with Crippen LogP contribution in [0.4, 0.5) is 0 Å². The minimum absolute atomic E-state index is 0.676. The lowest BCUT2D eigenvalue weighted by atomic mass is 10.2. The molecule has 0 radical (unpaired) electrons. The molecule has 0 amide bonds. The number of pyridine rings is 1. The molecule has 4 nitrogen and oxygen atoms in total. The lowest BCUT2D eigenvalue weighted by molar-refractivity contribution is 0.551. The molecule has 0 aliphatic heterocycles. The van der Waals surface area contributed by atoms with E-state index in [2.05, 4.69) is 52.8 Å². The largest absolute Gasteiger partial charge is 0.329 e. The summed E-state index contributed by atoms with van der Waals surface area (Å²) >= 11 is 0. The number of nitrogens with one attached hydrogen (secondary N) is 1. The van der Waals surface area contributed by atoms with Gasteiger partial charge in [-0.15, -0.1) is 0 Å². The second kappa shape index (κ2) is 6.66. The average molecular weight is 272 g/mol. The fraction of sp³-hybridized carbons (Fsp3) is 0.500. The van der Waals surface area contributed by atoms with E-state index < -0.39 is 0 Å². The van der Waals surface area contributed by atoms with E-state index in [9.17, 15) is 0 Å². The van der Waals surface area contributed by atoms with Gasteiger partial charge in [-0.3, -0.25) is 4.98 Å². The van der Waals surface area contributed by atoms with Gasteiger partial charge in [0.1, 0.15) is 0 Å². The molecule has 2 aromatic heterocycles. The molecule has 0 aliphatic rings. The highest BCUT2D eigenvalue weighted by Gasteiger charge is 2.04. The molecule has 0 unspecified atom stereocenters. The summed E-state index contributed by atoms with van der Waals surface area (Å²) < 4.78 is 2.13. The molecule has 2 aromatic rings. The van der Waals surface area contributed by atoms with Gasteiger partial charge >= 0.3 is 0 Å². The van der Waals surface area contributed by atoms with Crippen LogP contribution in [0.5, 0.6) is 0 Å². The molecule has 0 aliphatic carbocycles. The standard InChI is InChI=1S/C16H24N4/c1-12(2)7-17-8-15-5-6-16(18-9-15)10-20-11-19-13(3)14(20)4/h5-6,9,11-12,17H,7-8,10H2,1-4H3. The first-order valence-corrected chi connectivity index (χ1v) is 7.19. The van der Waals surface area contributed by atoms with Crippen LogP contribution < -0.4 is 5.32 Å². The van der Waals surface area contributed by atoms with Crippen LogP contribution in [0.25, 0.3) is 0 Å². The van der Waals surface area contributed by atoms with Gasteiger partial charge in [0.15, 0.2) is 0 Å². The van der Waals surface area contributed by atoms with E-state index in [0.717, 1.165) is 31.0 Å². The Kier molecular flexibility index (Phi) is 4.90. The SMILES string of the molecule is Cc1ncn(Cc2ccc(CNCC(C)C)cn2)c1C. The molecule has 20 heavy (non-hydrogen) atoms. The minimum atomic E-state index is 0.676. The first-order chi connectivity index (χ1) is 9.56. The zero-order chi connectivity index (χ0) is 14.5. The van der Waals surface area contributed by atoms with Crippen LogP contribution in [-0.4, -0.2) is 21.1 Å². The van der Waals surface area contributed by atoms with Crippen molar-refractivity contribution < 1.29 is 0 Å². The van der Waals surface area contributed by atoms with Crippen LogP contribution >= 0.6 is 0 Å². The summed E-state index contributed by atoms with van der Waals surface area (Å²) in [6, 6.07) is 4.25. The van der Waals surface area contributed by atoms with Crippen molar-refractivity contribution in [3.8, 4) is 0 Å². The highest BCUT2D eigenvalue weighted by molar-refractivity contribution is 5.16. The zero-order valence-electron chi connectivity index (χ0n) is 12.8. The van der Waals surface area contributed by atoms with Crippen molar-refractivity contribution in [2.45, 2.75) is 40.8 Å². The summed E-state index contributed by atoms with van der Waals surface area (Å²) in [5.41, 5.74) is 4.58. The van der Waals surface area contributed by atoms with Crippen molar-refractivity contribution in [1.82, 2.24) is 19.9 Å². The fourth-order valence-electron chi connectivity index (χ4n) is 2.04. The molecule has 1 N–H and O–H groups in total. The number of aromatic nitrogens is 3. The van der Waals surface area contributed by atoms with Crippen molar-refractivity contribution in [3.63, 3.8) is 0 Å². The van der Waals surface area contributed by atoms with Gasteiger partial charge in [0.25, 0.3) is 0 Å². The quantitative estimate of drug-likeness (QED) is 0.879. The number of hydrogen-bond acceptors (Lipinski definition) is 3. The van der Waals surface area contributed by atoms with Gasteiger partial charge in [-0.2, -0.15) is 0 Å². The molecule has 0 aromatic carbocycles. The smallest absolute Gasteiger partial charge is 0.0955 e. The topological polar surface area (TPSA) is 42.7 Å². The molecule has 2 heterocycles. The summed E-state index contributed by atoms with van der Waals surface area (Å²) in [6.07, 6.45) is 3.84. The molecular formula is C16H24N4. The van der Waals surface area contributed by atoms with Crippen molar-refractivity contribution in [3.05, 3.63) is 47.3 Å². The Morgan fingerprint density at radius 3 is 2.55 bits per heavy atom. The van der Waals surface area contributed by atoms with Crippen molar-refractivity contribution in [2.24, 2.45) is 5.92 Å². The highest BCUT2D eigenvalue weighted by Crippen LogP contribution is 2.08. The lowest BCUT2D eigenvalue weighted by Crippen LogP contribution is -2.19. The van der Waals surface area contributed by atoms with Gasteiger partial charge in [-0.25, -0.2) is 4.98 Å². The van der Waals surface area contributed by atoms with Gasteiger partial charge in [0.2, 0.25) is 0 Å². The van der Waals surface area contributed by atoms with Gasteiger partial charge in [-0.1, -0.05) is 19.9 Å². The Labute approximate surface area is 121 Å². The van der Waals surface area contributed by atoms with Crippen molar-refractivity contribution >= 4 is 0 Å². The minimum Gasteiger partial charge on any atom is -0.329 e. The summed E-state index contributed by atoms with van der Waals surface area (Å²) in [6.45, 7) is 11.2. The van der Waals surface area contributed by atoms with E-state index in [4.69, 9.17) is 0 Å². The van der Waals surface area contributed by atoms with Gasteiger partial charge in [0, 0.05) is 18.4 Å². The van der Waals surface area contributed by atoms with Gasteiger partial charge < -0.3 is 9.88 Å².